The summed E-state index contributed by atoms with van der Waals surface area (Å²) in [6.07, 6.45) is 0. The van der Waals surface area contributed by atoms with Gasteiger partial charge in [-0.15, -0.1) is 0 Å². The van der Waals surface area contributed by atoms with E-state index in [1.165, 1.54) is 0 Å². The minimum Gasteiger partial charge on any atom is -0.383 e. The smallest absolute Gasteiger partial charge is 0.157 e. The molecule has 0 saturated heterocycles. The molecule has 200 valence electrons. The molecule has 0 radical (unpaired) electrons. The second-order valence-corrected chi connectivity index (χ2v) is 9.97. The lowest BCUT2D eigenvalue weighted by Gasteiger charge is -2.13. The highest BCUT2D eigenvalue weighted by Crippen LogP contribution is 2.36. The van der Waals surface area contributed by atoms with Gasteiger partial charge >= 0.3 is 0 Å². The first-order valence-corrected chi connectivity index (χ1v) is 13.8. The van der Waals surface area contributed by atoms with Crippen LogP contribution in [0, 0.1) is 11.3 Å². The van der Waals surface area contributed by atoms with Crippen LogP contribution in [0.5, 0.6) is 0 Å². The van der Waals surface area contributed by atoms with Crippen molar-refractivity contribution in [3.05, 3.63) is 168 Å². The molecule has 4 nitrogen and oxygen atoms in total. The van der Waals surface area contributed by atoms with Gasteiger partial charge in [0.1, 0.15) is 5.84 Å². The molecule has 6 rings (SSSR count). The summed E-state index contributed by atoms with van der Waals surface area (Å²) in [6, 6.07) is 50.9. The van der Waals surface area contributed by atoms with Crippen molar-refractivity contribution in [3.8, 4) is 28.3 Å². The molecular formula is C38H28N4. The van der Waals surface area contributed by atoms with E-state index in [1.54, 1.807) is 0 Å². The SMILES string of the molecule is N#Cc1cccc(-c2cccc3cccc(-c4ccc(C(/N=C(\N)c5ccccc5)=N/Cc5ccccc5)cc4)c23)c1. The largest absolute Gasteiger partial charge is 0.383 e. The highest BCUT2D eigenvalue weighted by Gasteiger charge is 2.12. The number of nitrogens with two attached hydrogens (primary N) is 1. The third kappa shape index (κ3) is 5.72. The summed E-state index contributed by atoms with van der Waals surface area (Å²) in [4.78, 5) is 9.65. The molecule has 0 spiro atoms. The van der Waals surface area contributed by atoms with Crippen LogP contribution in [0.2, 0.25) is 0 Å². The number of amidine groups is 2. The Balaban J connectivity index is 1.42. The standard InChI is InChI=1S/C38H28N4/c39-25-28-12-7-17-33(24-28)35-19-9-16-30-15-8-18-34(36(30)35)29-20-22-32(23-21-29)38(41-26-27-10-3-1-4-11-27)42-37(40)31-13-5-2-6-14-31/h1-24H,26H2,(H2,40,41,42). The van der Waals surface area contributed by atoms with Gasteiger partial charge in [0.2, 0.25) is 0 Å². The number of hydrogen-bond donors (Lipinski definition) is 1. The zero-order valence-corrected chi connectivity index (χ0v) is 23.0. The summed E-state index contributed by atoms with van der Waals surface area (Å²) in [5, 5.41) is 11.8. The Morgan fingerprint density at radius 1 is 0.619 bits per heavy atom. The average molecular weight is 541 g/mol. The maximum Gasteiger partial charge on any atom is 0.157 e. The third-order valence-corrected chi connectivity index (χ3v) is 7.21. The minimum atomic E-state index is 0.421. The molecule has 6 aromatic carbocycles. The van der Waals surface area contributed by atoms with Crippen molar-refractivity contribution in [1.29, 1.82) is 5.26 Å². The number of aliphatic imine (C=N–C) groups is 2. The monoisotopic (exact) mass is 540 g/mol. The lowest BCUT2D eigenvalue weighted by Crippen LogP contribution is -2.16. The number of hydrogen-bond acceptors (Lipinski definition) is 2. The summed E-state index contributed by atoms with van der Waals surface area (Å²) in [5.74, 6) is 1.00. The van der Waals surface area contributed by atoms with Crippen molar-refractivity contribution in [2.24, 2.45) is 15.7 Å². The van der Waals surface area contributed by atoms with E-state index in [0.717, 1.165) is 49.7 Å². The minimum absolute atomic E-state index is 0.421. The first-order valence-electron chi connectivity index (χ1n) is 13.8. The maximum atomic E-state index is 9.47. The van der Waals surface area contributed by atoms with Crippen LogP contribution in [0.3, 0.4) is 0 Å². The van der Waals surface area contributed by atoms with Crippen LogP contribution in [0.4, 0.5) is 0 Å². The second-order valence-electron chi connectivity index (χ2n) is 9.97. The summed E-state index contributed by atoms with van der Waals surface area (Å²) >= 11 is 0. The van der Waals surface area contributed by atoms with Gasteiger partial charge in [-0.1, -0.05) is 133 Å². The zero-order valence-electron chi connectivity index (χ0n) is 23.0. The Kier molecular flexibility index (Phi) is 7.65. The molecule has 0 aliphatic rings. The van der Waals surface area contributed by atoms with Crippen molar-refractivity contribution < 1.29 is 0 Å². The van der Waals surface area contributed by atoms with Gasteiger partial charge in [0.15, 0.2) is 5.84 Å². The first kappa shape index (κ1) is 26.4. The van der Waals surface area contributed by atoms with Crippen LogP contribution in [0.25, 0.3) is 33.0 Å². The predicted octanol–water partition coefficient (Wildman–Crippen LogP) is 8.40. The third-order valence-electron chi connectivity index (χ3n) is 7.21. The van der Waals surface area contributed by atoms with Gasteiger partial charge in [0.25, 0.3) is 0 Å². The van der Waals surface area contributed by atoms with E-state index in [0.29, 0.717) is 23.8 Å². The van der Waals surface area contributed by atoms with Crippen LogP contribution in [0.15, 0.2) is 156 Å². The van der Waals surface area contributed by atoms with Crippen molar-refractivity contribution >= 4 is 22.4 Å². The Morgan fingerprint density at radius 3 is 1.95 bits per heavy atom. The molecule has 42 heavy (non-hydrogen) atoms. The summed E-state index contributed by atoms with van der Waals surface area (Å²) < 4.78 is 0. The van der Waals surface area contributed by atoms with Gasteiger partial charge in [0, 0.05) is 11.1 Å². The maximum absolute atomic E-state index is 9.47. The average Bonchev–Trinajstić information content (AvgIpc) is 3.07. The molecule has 0 heterocycles. The fourth-order valence-electron chi connectivity index (χ4n) is 5.11. The van der Waals surface area contributed by atoms with Crippen LogP contribution >= 0.6 is 0 Å². The van der Waals surface area contributed by atoms with E-state index >= 15 is 0 Å². The van der Waals surface area contributed by atoms with E-state index in [-0.39, 0.29) is 0 Å². The lowest BCUT2D eigenvalue weighted by atomic mass is 9.91. The fraction of sp³-hybridized carbons (Fsp3) is 0.0263. The Labute approximate surface area is 245 Å². The molecule has 0 amide bonds. The molecule has 0 bridgehead atoms. The normalized spacial score (nSPS) is 11.8. The van der Waals surface area contributed by atoms with Gasteiger partial charge in [-0.3, -0.25) is 4.99 Å². The molecule has 0 aromatic heterocycles. The van der Waals surface area contributed by atoms with Crippen molar-refractivity contribution in [3.63, 3.8) is 0 Å². The molecule has 0 aliphatic carbocycles. The van der Waals surface area contributed by atoms with Crippen molar-refractivity contribution in [2.75, 3.05) is 0 Å². The number of benzene rings is 6. The Hall–Kier alpha value is -5.79. The quantitative estimate of drug-likeness (QED) is 0.170. The van der Waals surface area contributed by atoms with Crippen LogP contribution in [-0.4, -0.2) is 11.7 Å². The van der Waals surface area contributed by atoms with Gasteiger partial charge < -0.3 is 5.73 Å². The molecule has 0 atom stereocenters. The van der Waals surface area contributed by atoms with Gasteiger partial charge in [-0.05, 0) is 50.7 Å². The lowest BCUT2D eigenvalue weighted by molar-refractivity contribution is 1.06. The van der Waals surface area contributed by atoms with E-state index < -0.39 is 0 Å². The number of nitrogens with zero attached hydrogens (tertiary/aromatic N) is 3. The molecular weight excluding hydrogens is 512 g/mol. The zero-order chi connectivity index (χ0) is 28.7. The predicted molar refractivity (Wildman–Crippen MR) is 173 cm³/mol. The summed E-state index contributed by atoms with van der Waals surface area (Å²) in [5.41, 5.74) is 14.2. The number of fused-ring (bicyclic) bond motifs is 1. The first-order chi connectivity index (χ1) is 20.7. The molecule has 0 fully saturated rings. The summed E-state index contributed by atoms with van der Waals surface area (Å²) in [6.45, 7) is 0.498. The molecule has 0 saturated carbocycles. The molecule has 6 aromatic rings. The van der Waals surface area contributed by atoms with E-state index in [9.17, 15) is 5.26 Å². The Morgan fingerprint density at radius 2 is 1.26 bits per heavy atom. The fourth-order valence-corrected chi connectivity index (χ4v) is 5.11. The molecule has 0 unspecified atom stereocenters. The summed E-state index contributed by atoms with van der Waals surface area (Å²) in [7, 11) is 0. The van der Waals surface area contributed by atoms with Crippen LogP contribution in [-0.2, 0) is 6.54 Å². The van der Waals surface area contributed by atoms with Gasteiger partial charge in [-0.25, -0.2) is 4.99 Å². The molecule has 0 aliphatic heterocycles. The number of rotatable bonds is 6. The number of nitriles is 1. The topological polar surface area (TPSA) is 74.5 Å². The van der Waals surface area contributed by atoms with Gasteiger partial charge in [0.05, 0.1) is 18.2 Å². The second kappa shape index (κ2) is 12.2. The highest BCUT2D eigenvalue weighted by molar-refractivity contribution is 6.11. The van der Waals surface area contributed by atoms with E-state index in [2.05, 4.69) is 84.9 Å². The van der Waals surface area contributed by atoms with E-state index in [4.69, 9.17) is 15.7 Å². The molecule has 2 N–H and O–H groups in total. The van der Waals surface area contributed by atoms with Gasteiger partial charge in [-0.2, -0.15) is 5.26 Å². The van der Waals surface area contributed by atoms with Crippen LogP contribution in [0.1, 0.15) is 22.3 Å². The Bertz CT molecular complexity index is 1940. The van der Waals surface area contributed by atoms with Crippen molar-refractivity contribution in [1.82, 2.24) is 0 Å². The van der Waals surface area contributed by atoms with Crippen LogP contribution < -0.4 is 5.73 Å². The van der Waals surface area contributed by atoms with E-state index in [1.807, 2.05) is 66.7 Å². The highest BCUT2D eigenvalue weighted by atomic mass is 15.0. The molecule has 4 heteroatoms. The van der Waals surface area contributed by atoms with Crippen molar-refractivity contribution in [2.45, 2.75) is 6.54 Å².